The Kier molecular flexibility index (Phi) is 8920. The minimum Gasteiger partial charge on any atom is 0 e. The van der Waals surface area contributed by atoms with E-state index in [1.165, 1.54) is 0 Å². The Morgan fingerprint density at radius 3 is 0.0200 bits per heavy atom. The third-order valence-corrected chi connectivity index (χ3v) is 0. The fourth-order valence-electron chi connectivity index (χ4n) is 0. The van der Waals surface area contributed by atoms with E-state index in [0.717, 1.165) is 0 Å². The summed E-state index contributed by atoms with van der Waals surface area (Å²) in [5, 5.41) is 0. The quantitative estimate of drug-likeness (QED) is 0.295. The fourth-order valence-corrected chi connectivity index (χ4v) is 0. The van der Waals surface area contributed by atoms with Crippen LogP contribution in [-0.2, 0) is 2230 Å². The molecule has 0 aromatic heterocycles. The van der Waals surface area contributed by atoms with Crippen LogP contribution in [0.2, 0.25) is 0 Å². The zero-order chi connectivity index (χ0) is 0. The fraction of sp³-hybridized carbons (Fsp3) is 0. The van der Waals surface area contributed by atoms with Crippen molar-refractivity contribution in [2.24, 2.45) is 0 Å². The molecule has 0 amide bonds. The Bertz CT molecular complexity index is 19.4. The van der Waals surface area contributed by atoms with Crippen LogP contribution in [0.25, 0.3) is 0 Å². The molecule has 0 spiro atoms. The molecular weight excluding hydrogens is 10800 g/mol. The molecule has 100 heteroatoms. The summed E-state index contributed by atoms with van der Waals surface area (Å²) in [7, 11) is 0. The standard InChI is InChI=1S/97Ag.3Pd. The molecule has 0 atom stereocenters. The molecule has 97 radical (unpaired) electrons. The van der Waals surface area contributed by atoms with Gasteiger partial charge in [-0.05, 0) is 0 Å². The van der Waals surface area contributed by atoms with Gasteiger partial charge in [-0.15, -0.1) is 0 Å². The Hall–Kier alpha value is 73.8. The van der Waals surface area contributed by atoms with E-state index < -0.39 is 0 Å². The molecule has 0 aromatic rings. The summed E-state index contributed by atoms with van der Waals surface area (Å²) in [6.45, 7) is 0. The van der Waals surface area contributed by atoms with Crippen LogP contribution in [0.4, 0.5) is 0 Å². The van der Waals surface area contributed by atoms with Crippen LogP contribution in [0.3, 0.4) is 0 Å². The van der Waals surface area contributed by atoms with E-state index in [1.54, 1.807) is 0 Å². The zero-order valence-corrected chi connectivity index (χ0v) is 179. The topological polar surface area (TPSA) is 0 Å². The van der Waals surface area contributed by atoms with Crippen molar-refractivity contribution in [2.75, 3.05) is 0 Å². The van der Waals surface area contributed by atoms with Gasteiger partial charge in [-0.2, -0.15) is 0 Å². The SMILES string of the molecule is [Ag].[Ag].[Ag].[Ag].[Ag].[Ag].[Ag].[Ag].[Ag].[Ag].[Ag].[Ag].[Ag].[Ag].[Ag].[Ag].[Ag].[Ag].[Ag].[Ag].[Ag].[Ag].[Ag].[Ag].[Ag].[Ag].[Ag].[Ag].[Ag].[Ag].[Ag].[Ag].[Ag].[Ag].[Ag].[Ag].[Ag].[Ag].[Ag].[Ag].[Ag].[Ag].[Ag].[Ag].[Ag].[Ag].[Ag].[Ag].[Ag].[Ag].[Ag].[Ag].[Ag].[Ag].[Ag].[Ag].[Ag].[Ag].[Ag].[Ag].[Ag].[Ag].[Ag].[Ag].[Ag].[Ag].[Ag].[Ag].[Ag].[Ag].[Ag].[Ag].[Ag].[Ag].[Ag].[Ag].[Ag].[Ag].[Ag].[Ag].[Ag].[Ag].[Ag].[Ag].[Ag].[Ag].[Ag].[Ag].[Ag].[Ag].[Ag].[Ag].[Ag].[Ag].[Ag].[Ag].[Ag].[Pd].[Pd].[Pd]. The minimum absolute atomic E-state index is 0. The Morgan fingerprint density at radius 1 is 0.0200 bits per heavy atom. The first-order valence-corrected chi connectivity index (χ1v) is 0. The van der Waals surface area contributed by atoms with Gasteiger partial charge in [0.1, 0.15) is 0 Å². The third kappa shape index (κ3) is 920. The van der Waals surface area contributed by atoms with Gasteiger partial charge in [-0.3, -0.25) is 0 Å². The smallest absolute Gasteiger partial charge is 0 e. The van der Waals surface area contributed by atoms with Gasteiger partial charge in [0.25, 0.3) is 0 Å². The van der Waals surface area contributed by atoms with Crippen molar-refractivity contribution < 1.29 is 2230 Å². The van der Waals surface area contributed by atoms with Crippen molar-refractivity contribution in [3.63, 3.8) is 0 Å². The molecule has 0 N–H and O–H groups in total. The van der Waals surface area contributed by atoms with Crippen LogP contribution in [0.5, 0.6) is 0 Å². The molecule has 0 aliphatic carbocycles. The normalized spacial score (nSPS) is 0. The van der Waals surface area contributed by atoms with Crippen LogP contribution in [-0.4, -0.2) is 0 Å². The van der Waals surface area contributed by atoms with E-state index in [0.29, 0.717) is 0 Å². The summed E-state index contributed by atoms with van der Waals surface area (Å²) in [4.78, 5) is 0. The predicted octanol–water partition coefficient (Wildman–Crippen LogP) is -0.250. The first-order chi connectivity index (χ1) is 0. The summed E-state index contributed by atoms with van der Waals surface area (Å²) in [6, 6.07) is 0. The second kappa shape index (κ2) is 937. The molecule has 0 rings (SSSR count). The molecule has 0 saturated carbocycles. The van der Waals surface area contributed by atoms with E-state index in [4.69, 9.17) is 0 Å². The predicted molar refractivity (Wildman–Crippen MR) is 0 cm³/mol. The van der Waals surface area contributed by atoms with Gasteiger partial charge in [-0.25, -0.2) is 0 Å². The van der Waals surface area contributed by atoms with Crippen molar-refractivity contribution in [2.45, 2.75) is 0 Å². The van der Waals surface area contributed by atoms with Gasteiger partial charge < -0.3 is 0 Å². The molecule has 100 heavy (non-hydrogen) atoms. The van der Waals surface area contributed by atoms with Gasteiger partial charge in [0, 0.05) is 2230 Å². The summed E-state index contributed by atoms with van der Waals surface area (Å²) in [5.74, 6) is 0. The zero-order valence-electron chi connectivity index (χ0n) is 30.2. The first kappa shape index (κ1) is 953. The number of hydrogen-bond donors (Lipinski definition) is 0. The maximum atomic E-state index is 0. The molecule has 1097 valence electrons. The Balaban J connectivity index is 0. The van der Waals surface area contributed by atoms with Crippen LogP contribution in [0, 0.1) is 0 Å². The van der Waals surface area contributed by atoms with Crippen molar-refractivity contribution in [1.29, 1.82) is 0 Å². The Labute approximate surface area is 2160 Å². The van der Waals surface area contributed by atoms with E-state index in [2.05, 4.69) is 0 Å². The average Bonchev–Trinajstić information content (AvgIpc) is 0. The summed E-state index contributed by atoms with van der Waals surface area (Å²) < 4.78 is 0. The summed E-state index contributed by atoms with van der Waals surface area (Å²) in [5.41, 5.74) is 0. The molecular formula is Ag97Pd3. The third-order valence-electron chi connectivity index (χ3n) is 0. The van der Waals surface area contributed by atoms with Crippen LogP contribution in [0.1, 0.15) is 0 Å². The van der Waals surface area contributed by atoms with E-state index in [-0.39, 0.29) is 2230 Å². The molecule has 0 bridgehead atoms. The van der Waals surface area contributed by atoms with Crippen molar-refractivity contribution in [1.82, 2.24) is 0 Å². The number of hydrogen-bond acceptors (Lipinski definition) is 0. The van der Waals surface area contributed by atoms with E-state index >= 15 is 0 Å². The second-order valence-electron chi connectivity index (χ2n) is 0. The molecule has 0 aliphatic heterocycles. The van der Waals surface area contributed by atoms with Gasteiger partial charge in [0.15, 0.2) is 0 Å². The first-order valence-electron chi connectivity index (χ1n) is 0. The van der Waals surface area contributed by atoms with E-state index in [1.807, 2.05) is 0 Å². The van der Waals surface area contributed by atoms with Gasteiger partial charge in [-0.1, -0.05) is 0 Å². The van der Waals surface area contributed by atoms with E-state index in [9.17, 15) is 0 Å². The van der Waals surface area contributed by atoms with Gasteiger partial charge in [0.05, 0.1) is 0 Å². The summed E-state index contributed by atoms with van der Waals surface area (Å²) in [6.07, 6.45) is 0. The molecule has 0 aliphatic rings. The van der Waals surface area contributed by atoms with Gasteiger partial charge in [0.2, 0.25) is 0 Å². The van der Waals surface area contributed by atoms with Crippen LogP contribution in [0.15, 0.2) is 0 Å². The van der Waals surface area contributed by atoms with Gasteiger partial charge >= 0.3 is 0 Å². The van der Waals surface area contributed by atoms with Crippen LogP contribution < -0.4 is 0 Å². The van der Waals surface area contributed by atoms with Crippen LogP contribution >= 0.6 is 0 Å². The number of rotatable bonds is 0. The largest absolute Gasteiger partial charge is 0 e. The average molecular weight is 10800 g/mol. The molecule has 0 heterocycles. The maximum absolute atomic E-state index is 0. The minimum atomic E-state index is 0. The van der Waals surface area contributed by atoms with Crippen molar-refractivity contribution in [3.05, 3.63) is 0 Å². The molecule has 0 saturated heterocycles. The molecule has 0 unspecified atom stereocenters. The van der Waals surface area contributed by atoms with Crippen molar-refractivity contribution >= 4 is 0 Å². The maximum Gasteiger partial charge on any atom is 0 e. The van der Waals surface area contributed by atoms with Crippen molar-refractivity contribution in [3.8, 4) is 0 Å². The molecule has 0 nitrogen and oxygen atoms in total. The monoisotopic (exact) mass is 10700 g/mol. The summed E-state index contributed by atoms with van der Waals surface area (Å²) >= 11 is 0. The second-order valence-corrected chi connectivity index (χ2v) is 0. The molecule has 0 fully saturated rings. The molecule has 0 aromatic carbocycles. The Morgan fingerprint density at radius 2 is 0.0200 bits per heavy atom.